The maximum atomic E-state index is 5.95. The highest BCUT2D eigenvalue weighted by atomic mass is 35.5. The van der Waals surface area contributed by atoms with E-state index in [0.29, 0.717) is 11.9 Å². The molecule has 0 unspecified atom stereocenters. The van der Waals surface area contributed by atoms with Crippen LogP contribution in [0.1, 0.15) is 24.7 Å². The molecule has 0 radical (unpaired) electrons. The van der Waals surface area contributed by atoms with E-state index in [9.17, 15) is 0 Å². The number of hydrogen-bond acceptors (Lipinski definition) is 2. The second-order valence-electron chi connectivity index (χ2n) is 4.09. The van der Waals surface area contributed by atoms with E-state index in [-0.39, 0.29) is 0 Å². The number of halogens is 1. The first-order chi connectivity index (χ1) is 7.85. The van der Waals surface area contributed by atoms with E-state index >= 15 is 0 Å². The monoisotopic (exact) mass is 236 g/mol. The van der Waals surface area contributed by atoms with E-state index < -0.39 is 0 Å². The van der Waals surface area contributed by atoms with Crippen LogP contribution >= 0.6 is 11.6 Å². The largest absolute Gasteiger partial charge is 0.494 e. The molecule has 16 heavy (non-hydrogen) atoms. The molecule has 1 aromatic heterocycles. The molecule has 1 aliphatic carbocycles. The molecule has 1 fully saturated rings. The van der Waals surface area contributed by atoms with Crippen molar-refractivity contribution in [1.29, 1.82) is 0 Å². The van der Waals surface area contributed by atoms with Crippen LogP contribution in [0.4, 0.5) is 0 Å². The summed E-state index contributed by atoms with van der Waals surface area (Å²) < 4.78 is 7.58. The van der Waals surface area contributed by atoms with Crippen LogP contribution in [0.3, 0.4) is 0 Å². The van der Waals surface area contributed by atoms with Crippen molar-refractivity contribution in [2.75, 3.05) is 7.11 Å². The van der Waals surface area contributed by atoms with Gasteiger partial charge >= 0.3 is 0 Å². The lowest BCUT2D eigenvalue weighted by Crippen LogP contribution is -1.98. The number of imidazole rings is 1. The predicted molar refractivity (Wildman–Crippen MR) is 64.1 cm³/mol. The summed E-state index contributed by atoms with van der Waals surface area (Å²) in [6, 6.07) is 6.61. The van der Waals surface area contributed by atoms with E-state index in [1.807, 2.05) is 12.1 Å². The molecule has 0 amide bonds. The Hall–Kier alpha value is -1.22. The van der Waals surface area contributed by atoms with Crippen LogP contribution in [0.15, 0.2) is 18.2 Å². The van der Waals surface area contributed by atoms with Gasteiger partial charge in [0, 0.05) is 6.04 Å². The van der Waals surface area contributed by atoms with Crippen LogP contribution in [0.2, 0.25) is 0 Å². The van der Waals surface area contributed by atoms with Gasteiger partial charge in [0.15, 0.2) is 0 Å². The molecule has 84 valence electrons. The molecule has 0 N–H and O–H groups in total. The molecule has 1 aromatic carbocycles. The first kappa shape index (κ1) is 9.97. The fraction of sp³-hybridized carbons (Fsp3) is 0.417. The van der Waals surface area contributed by atoms with Crippen LogP contribution in [0.25, 0.3) is 11.0 Å². The molecule has 1 saturated carbocycles. The Labute approximate surface area is 99.0 Å². The zero-order valence-electron chi connectivity index (χ0n) is 9.11. The summed E-state index contributed by atoms with van der Waals surface area (Å²) >= 11 is 5.95. The second kappa shape index (κ2) is 3.67. The molecular formula is C12H13ClN2O. The van der Waals surface area contributed by atoms with Crippen LogP contribution < -0.4 is 4.74 Å². The molecule has 1 aliphatic rings. The Morgan fingerprint density at radius 1 is 1.50 bits per heavy atom. The van der Waals surface area contributed by atoms with Gasteiger partial charge in [-0.05, 0) is 25.0 Å². The minimum atomic E-state index is 0.453. The standard InChI is InChI=1S/C12H13ClN2O/c1-16-10-4-2-3-9-12(10)14-11(7-13)15(9)8-5-6-8/h2-4,8H,5-7H2,1H3. The van der Waals surface area contributed by atoms with Crippen molar-refractivity contribution in [3.63, 3.8) is 0 Å². The number of nitrogens with zero attached hydrogens (tertiary/aromatic N) is 2. The maximum Gasteiger partial charge on any atom is 0.146 e. The summed E-state index contributed by atoms with van der Waals surface area (Å²) in [5.74, 6) is 2.22. The highest BCUT2D eigenvalue weighted by Crippen LogP contribution is 2.40. The van der Waals surface area contributed by atoms with Crippen LogP contribution in [0.5, 0.6) is 5.75 Å². The summed E-state index contributed by atoms with van der Waals surface area (Å²) in [6.07, 6.45) is 2.46. The van der Waals surface area contributed by atoms with Crippen molar-refractivity contribution >= 4 is 22.6 Å². The Morgan fingerprint density at radius 2 is 2.31 bits per heavy atom. The summed E-state index contributed by atoms with van der Waals surface area (Å²) in [5, 5.41) is 0. The van der Waals surface area contributed by atoms with Gasteiger partial charge in [0.25, 0.3) is 0 Å². The Bertz CT molecular complexity index is 531. The van der Waals surface area contributed by atoms with E-state index in [4.69, 9.17) is 16.3 Å². The number of benzene rings is 1. The van der Waals surface area contributed by atoms with Gasteiger partial charge in [-0.15, -0.1) is 11.6 Å². The topological polar surface area (TPSA) is 27.1 Å². The van der Waals surface area contributed by atoms with E-state index in [1.54, 1.807) is 7.11 Å². The molecule has 0 atom stereocenters. The summed E-state index contributed by atoms with van der Waals surface area (Å²) in [4.78, 5) is 4.57. The number of ether oxygens (including phenoxy) is 1. The minimum Gasteiger partial charge on any atom is -0.494 e. The predicted octanol–water partition coefficient (Wildman–Crippen LogP) is 3.12. The number of fused-ring (bicyclic) bond motifs is 1. The first-order valence-corrected chi connectivity index (χ1v) is 5.98. The normalized spacial score (nSPS) is 15.6. The second-order valence-corrected chi connectivity index (χ2v) is 4.36. The number of methoxy groups -OCH3 is 1. The number of para-hydroxylation sites is 1. The molecule has 0 bridgehead atoms. The Morgan fingerprint density at radius 3 is 2.94 bits per heavy atom. The van der Waals surface area contributed by atoms with Crippen LogP contribution in [-0.2, 0) is 5.88 Å². The number of rotatable bonds is 3. The van der Waals surface area contributed by atoms with E-state index in [2.05, 4.69) is 15.6 Å². The summed E-state index contributed by atoms with van der Waals surface area (Å²) in [6.45, 7) is 0. The van der Waals surface area contributed by atoms with Crippen molar-refractivity contribution in [1.82, 2.24) is 9.55 Å². The minimum absolute atomic E-state index is 0.453. The molecule has 3 nitrogen and oxygen atoms in total. The van der Waals surface area contributed by atoms with Gasteiger partial charge < -0.3 is 9.30 Å². The van der Waals surface area contributed by atoms with Crippen molar-refractivity contribution in [3.8, 4) is 5.75 Å². The number of hydrogen-bond donors (Lipinski definition) is 0. The first-order valence-electron chi connectivity index (χ1n) is 5.45. The SMILES string of the molecule is COc1cccc2c1nc(CCl)n2C1CC1. The average Bonchev–Trinajstić information content (AvgIpc) is 3.08. The van der Waals surface area contributed by atoms with Crippen LogP contribution in [-0.4, -0.2) is 16.7 Å². The van der Waals surface area contributed by atoms with Crippen molar-refractivity contribution < 1.29 is 4.74 Å². The van der Waals surface area contributed by atoms with Crippen molar-refractivity contribution in [2.45, 2.75) is 24.8 Å². The molecule has 0 aliphatic heterocycles. The molecule has 4 heteroatoms. The Kier molecular flexibility index (Phi) is 2.28. The van der Waals surface area contributed by atoms with Gasteiger partial charge in [0.1, 0.15) is 17.1 Å². The lowest BCUT2D eigenvalue weighted by molar-refractivity contribution is 0.419. The summed E-state index contributed by atoms with van der Waals surface area (Å²) in [7, 11) is 1.67. The van der Waals surface area contributed by atoms with Gasteiger partial charge in [0.05, 0.1) is 18.5 Å². The molecule has 0 spiro atoms. The van der Waals surface area contributed by atoms with E-state index in [0.717, 1.165) is 22.6 Å². The van der Waals surface area contributed by atoms with Crippen LogP contribution in [0, 0.1) is 0 Å². The lowest BCUT2D eigenvalue weighted by Gasteiger charge is -2.05. The van der Waals surface area contributed by atoms with E-state index in [1.165, 1.54) is 12.8 Å². The van der Waals surface area contributed by atoms with Crippen molar-refractivity contribution in [3.05, 3.63) is 24.0 Å². The van der Waals surface area contributed by atoms with Gasteiger partial charge in [0.2, 0.25) is 0 Å². The molecular weight excluding hydrogens is 224 g/mol. The number of aromatic nitrogens is 2. The zero-order chi connectivity index (χ0) is 11.1. The molecule has 0 saturated heterocycles. The van der Waals surface area contributed by atoms with Crippen molar-refractivity contribution in [2.24, 2.45) is 0 Å². The smallest absolute Gasteiger partial charge is 0.146 e. The summed E-state index contributed by atoms with van der Waals surface area (Å²) in [5.41, 5.74) is 2.06. The van der Waals surface area contributed by atoms with Gasteiger partial charge in [-0.3, -0.25) is 0 Å². The fourth-order valence-corrected chi connectivity index (χ4v) is 2.33. The molecule has 2 aromatic rings. The quantitative estimate of drug-likeness (QED) is 0.766. The lowest BCUT2D eigenvalue weighted by atomic mass is 10.3. The third-order valence-electron chi connectivity index (χ3n) is 3.01. The third kappa shape index (κ3) is 1.39. The number of alkyl halides is 1. The third-order valence-corrected chi connectivity index (χ3v) is 3.25. The highest BCUT2D eigenvalue weighted by Gasteiger charge is 2.28. The van der Waals surface area contributed by atoms with Gasteiger partial charge in [-0.25, -0.2) is 4.98 Å². The Balaban J connectivity index is 2.29. The van der Waals surface area contributed by atoms with Gasteiger partial charge in [-0.2, -0.15) is 0 Å². The van der Waals surface area contributed by atoms with Gasteiger partial charge in [-0.1, -0.05) is 6.07 Å². The maximum absolute atomic E-state index is 5.95. The fourth-order valence-electron chi connectivity index (χ4n) is 2.14. The highest BCUT2D eigenvalue weighted by molar-refractivity contribution is 6.16. The molecule has 1 heterocycles. The molecule has 3 rings (SSSR count). The average molecular weight is 237 g/mol. The zero-order valence-corrected chi connectivity index (χ0v) is 9.87.